The Morgan fingerprint density at radius 1 is 1.41 bits per heavy atom. The Hall–Kier alpha value is -1.53. The van der Waals surface area contributed by atoms with Crippen LogP contribution in [0, 0.1) is 0 Å². The lowest BCUT2D eigenvalue weighted by atomic mass is 10.1. The van der Waals surface area contributed by atoms with E-state index in [2.05, 4.69) is 13.8 Å². The van der Waals surface area contributed by atoms with Gasteiger partial charge in [-0.15, -0.1) is 11.8 Å². The highest BCUT2D eigenvalue weighted by molar-refractivity contribution is 8.00. The summed E-state index contributed by atoms with van der Waals surface area (Å²) in [6.45, 7) is 5.37. The highest BCUT2D eigenvalue weighted by Crippen LogP contribution is 2.28. The lowest BCUT2D eigenvalue weighted by Gasteiger charge is -2.32. The van der Waals surface area contributed by atoms with Gasteiger partial charge < -0.3 is 14.7 Å². The van der Waals surface area contributed by atoms with Gasteiger partial charge in [0, 0.05) is 23.2 Å². The summed E-state index contributed by atoms with van der Waals surface area (Å²) in [5, 5.41) is 9.25. The van der Waals surface area contributed by atoms with Crippen molar-refractivity contribution in [2.45, 2.75) is 36.5 Å². The molecule has 6 heteroatoms. The highest BCUT2D eigenvalue weighted by atomic mass is 32.2. The first-order valence-corrected chi connectivity index (χ1v) is 8.23. The summed E-state index contributed by atoms with van der Waals surface area (Å²) in [6, 6.07) is 7.56. The van der Waals surface area contributed by atoms with Gasteiger partial charge in [-0.05, 0) is 12.1 Å². The summed E-state index contributed by atoms with van der Waals surface area (Å²) in [7, 11) is 0. The first-order valence-electron chi connectivity index (χ1n) is 7.35. The van der Waals surface area contributed by atoms with Gasteiger partial charge in [0.05, 0.1) is 24.7 Å². The van der Waals surface area contributed by atoms with E-state index in [9.17, 15) is 9.59 Å². The third-order valence-electron chi connectivity index (χ3n) is 3.31. The molecule has 1 heterocycles. The van der Waals surface area contributed by atoms with Gasteiger partial charge in [0.25, 0.3) is 5.91 Å². The second kappa shape index (κ2) is 7.65. The number of carbonyl (C=O) groups is 2. The first-order chi connectivity index (χ1) is 10.5. The van der Waals surface area contributed by atoms with E-state index in [1.165, 1.54) is 0 Å². The van der Waals surface area contributed by atoms with E-state index >= 15 is 0 Å². The monoisotopic (exact) mass is 323 g/mol. The predicted octanol–water partition coefficient (Wildman–Crippen LogP) is 2.50. The van der Waals surface area contributed by atoms with Gasteiger partial charge in [-0.1, -0.05) is 26.0 Å². The maximum absolute atomic E-state index is 12.7. The normalized spacial score (nSPS) is 18.5. The lowest BCUT2D eigenvalue weighted by Crippen LogP contribution is -2.46. The summed E-state index contributed by atoms with van der Waals surface area (Å²) in [4.78, 5) is 26.2. The highest BCUT2D eigenvalue weighted by Gasteiger charge is 2.27. The second-order valence-electron chi connectivity index (χ2n) is 5.50. The van der Waals surface area contributed by atoms with Crippen LogP contribution < -0.4 is 0 Å². The molecule has 5 nitrogen and oxygen atoms in total. The van der Waals surface area contributed by atoms with Crippen LogP contribution in [0.5, 0.6) is 0 Å². The zero-order valence-electron chi connectivity index (χ0n) is 12.8. The second-order valence-corrected chi connectivity index (χ2v) is 7.12. The smallest absolute Gasteiger partial charge is 0.306 e. The number of carboxylic acids is 1. The van der Waals surface area contributed by atoms with Crippen LogP contribution >= 0.6 is 11.8 Å². The molecule has 0 radical (unpaired) electrons. The Labute approximate surface area is 134 Å². The van der Waals surface area contributed by atoms with Crippen LogP contribution in [0.25, 0.3) is 0 Å². The molecule has 1 aliphatic heterocycles. The fourth-order valence-electron chi connectivity index (χ4n) is 2.39. The largest absolute Gasteiger partial charge is 0.481 e. The average Bonchev–Trinajstić information content (AvgIpc) is 2.46. The SMILES string of the molecule is CC(C)Sc1ccccc1C(=O)N1CCOC(CC(=O)O)C1. The fraction of sp³-hybridized carbons (Fsp3) is 0.500. The number of morpholine rings is 1. The van der Waals surface area contributed by atoms with Crippen molar-refractivity contribution in [2.75, 3.05) is 19.7 Å². The topological polar surface area (TPSA) is 66.8 Å². The van der Waals surface area contributed by atoms with E-state index in [0.717, 1.165) is 4.90 Å². The van der Waals surface area contributed by atoms with Crippen molar-refractivity contribution < 1.29 is 19.4 Å². The first kappa shape index (κ1) is 16.8. The van der Waals surface area contributed by atoms with Crippen LogP contribution in [-0.4, -0.2) is 52.9 Å². The van der Waals surface area contributed by atoms with E-state index in [0.29, 0.717) is 30.5 Å². The van der Waals surface area contributed by atoms with Crippen LogP contribution in [0.2, 0.25) is 0 Å². The number of benzene rings is 1. The molecule has 1 aliphatic rings. The molecular formula is C16H21NO4S. The van der Waals surface area contributed by atoms with Crippen molar-refractivity contribution in [1.82, 2.24) is 4.90 Å². The van der Waals surface area contributed by atoms with Crippen LogP contribution in [-0.2, 0) is 9.53 Å². The third-order valence-corrected chi connectivity index (χ3v) is 4.39. The maximum atomic E-state index is 12.7. The molecule has 1 aromatic carbocycles. The minimum absolute atomic E-state index is 0.0533. The maximum Gasteiger partial charge on any atom is 0.306 e. The van der Waals surface area contributed by atoms with Crippen LogP contribution in [0.4, 0.5) is 0 Å². The standard InChI is InChI=1S/C16H21NO4S/c1-11(2)22-14-6-4-3-5-13(14)16(20)17-7-8-21-12(10-17)9-15(18)19/h3-6,11-12H,7-10H2,1-2H3,(H,18,19). The number of carbonyl (C=O) groups excluding carboxylic acids is 1. The summed E-state index contributed by atoms with van der Waals surface area (Å²) in [6.07, 6.45) is -0.508. The minimum Gasteiger partial charge on any atom is -0.481 e. The van der Waals surface area contributed by atoms with Crippen LogP contribution in [0.15, 0.2) is 29.2 Å². The summed E-state index contributed by atoms with van der Waals surface area (Å²) in [5.41, 5.74) is 0.678. The molecule has 0 spiro atoms. The Bertz CT molecular complexity index is 547. The fourth-order valence-corrected chi connectivity index (χ4v) is 3.34. The molecule has 0 aromatic heterocycles. The van der Waals surface area contributed by atoms with E-state index < -0.39 is 12.1 Å². The molecule has 120 valence electrons. The number of hydrogen-bond acceptors (Lipinski definition) is 4. The van der Waals surface area contributed by atoms with Gasteiger partial charge in [0.1, 0.15) is 0 Å². The van der Waals surface area contributed by atoms with Crippen LogP contribution in [0.3, 0.4) is 0 Å². The van der Waals surface area contributed by atoms with Gasteiger partial charge >= 0.3 is 5.97 Å². The van der Waals surface area contributed by atoms with E-state index in [-0.39, 0.29) is 12.3 Å². The molecule has 0 saturated carbocycles. The van der Waals surface area contributed by atoms with Crippen molar-refractivity contribution >= 4 is 23.6 Å². The van der Waals surface area contributed by atoms with Gasteiger partial charge in [0.15, 0.2) is 0 Å². The number of thioether (sulfide) groups is 1. The Morgan fingerprint density at radius 2 is 2.14 bits per heavy atom. The number of aliphatic carboxylic acids is 1. The third kappa shape index (κ3) is 4.48. The number of nitrogens with zero attached hydrogens (tertiary/aromatic N) is 1. The molecule has 1 fully saturated rings. The molecule has 0 bridgehead atoms. The lowest BCUT2D eigenvalue weighted by molar-refractivity contribution is -0.141. The molecule has 0 aliphatic carbocycles. The van der Waals surface area contributed by atoms with Crippen molar-refractivity contribution in [1.29, 1.82) is 0 Å². The molecular weight excluding hydrogens is 302 g/mol. The number of carboxylic acid groups (broad SMARTS) is 1. The molecule has 2 rings (SSSR count). The van der Waals surface area contributed by atoms with E-state index in [4.69, 9.17) is 9.84 Å². The van der Waals surface area contributed by atoms with Gasteiger partial charge in [-0.2, -0.15) is 0 Å². The van der Waals surface area contributed by atoms with Crippen LogP contribution in [0.1, 0.15) is 30.6 Å². The number of hydrogen-bond donors (Lipinski definition) is 1. The number of amides is 1. The molecule has 22 heavy (non-hydrogen) atoms. The summed E-state index contributed by atoms with van der Waals surface area (Å²) in [5.74, 6) is -0.961. The van der Waals surface area contributed by atoms with Crippen molar-refractivity contribution in [3.8, 4) is 0 Å². The minimum atomic E-state index is -0.907. The molecule has 1 unspecified atom stereocenters. The zero-order chi connectivity index (χ0) is 16.1. The average molecular weight is 323 g/mol. The Morgan fingerprint density at radius 3 is 2.82 bits per heavy atom. The molecule has 1 amide bonds. The Balaban J connectivity index is 2.12. The quantitative estimate of drug-likeness (QED) is 0.843. The van der Waals surface area contributed by atoms with E-state index in [1.807, 2.05) is 24.3 Å². The van der Waals surface area contributed by atoms with Crippen molar-refractivity contribution in [3.63, 3.8) is 0 Å². The van der Waals surface area contributed by atoms with Gasteiger partial charge in [0.2, 0.25) is 0 Å². The molecule has 1 atom stereocenters. The summed E-state index contributed by atoms with van der Waals surface area (Å²) < 4.78 is 5.42. The van der Waals surface area contributed by atoms with Crippen molar-refractivity contribution in [2.24, 2.45) is 0 Å². The summed E-state index contributed by atoms with van der Waals surface area (Å²) >= 11 is 1.66. The number of rotatable bonds is 5. The molecule has 1 aromatic rings. The molecule has 1 saturated heterocycles. The van der Waals surface area contributed by atoms with Crippen molar-refractivity contribution in [3.05, 3.63) is 29.8 Å². The van der Waals surface area contributed by atoms with E-state index in [1.54, 1.807) is 16.7 Å². The van der Waals surface area contributed by atoms with Gasteiger partial charge in [-0.25, -0.2) is 0 Å². The zero-order valence-corrected chi connectivity index (χ0v) is 13.6. The Kier molecular flexibility index (Phi) is 5.85. The number of ether oxygens (including phenoxy) is 1. The van der Waals surface area contributed by atoms with Gasteiger partial charge in [-0.3, -0.25) is 9.59 Å². The molecule has 1 N–H and O–H groups in total. The predicted molar refractivity (Wildman–Crippen MR) is 85.3 cm³/mol.